The van der Waals surface area contributed by atoms with E-state index in [0.717, 1.165) is 32.7 Å². The number of hydrogen-bond acceptors (Lipinski definition) is 7. The SMILES string of the molecule is CCOC(=O)C1=C(c2ccccc2)N=c2sc(=Cc3cn(CCOc4ccc(C(C)(C)C)cc4)c4ccccc34)c(=O)n2C1c1cccs1. The molecule has 0 fully saturated rings. The molecule has 1 atom stereocenters. The van der Waals surface area contributed by atoms with Crippen LogP contribution in [0.15, 0.2) is 118 Å². The van der Waals surface area contributed by atoms with Crippen molar-refractivity contribution in [3.05, 3.63) is 149 Å². The van der Waals surface area contributed by atoms with E-state index >= 15 is 0 Å². The number of carbonyl (C=O) groups is 1. The maximum atomic E-state index is 14.3. The van der Waals surface area contributed by atoms with Crippen molar-refractivity contribution < 1.29 is 14.3 Å². The first kappa shape index (κ1) is 32.6. The summed E-state index contributed by atoms with van der Waals surface area (Å²) in [4.78, 5) is 34.3. The molecule has 0 saturated heterocycles. The predicted molar refractivity (Wildman–Crippen MR) is 198 cm³/mol. The molecule has 1 aliphatic heterocycles. The van der Waals surface area contributed by atoms with Gasteiger partial charge in [0.05, 0.1) is 29.0 Å². The van der Waals surface area contributed by atoms with E-state index in [2.05, 4.69) is 55.8 Å². The van der Waals surface area contributed by atoms with Crippen LogP contribution in [-0.2, 0) is 21.5 Å². The van der Waals surface area contributed by atoms with Gasteiger partial charge in [0.2, 0.25) is 0 Å². The van der Waals surface area contributed by atoms with E-state index in [9.17, 15) is 9.59 Å². The van der Waals surface area contributed by atoms with Crippen LogP contribution >= 0.6 is 22.7 Å². The van der Waals surface area contributed by atoms with Gasteiger partial charge >= 0.3 is 5.97 Å². The standard InChI is InChI=1S/C40H37N3O4S2/c1-5-46-38(45)34-35(26-12-7-6-8-13-26)41-39-43(36(34)32-16-11-23-48-32)37(44)33(49-39)24-27-25-42(31-15-10-9-14-30(27)31)21-22-47-29-19-17-28(18-20-29)40(2,3)4/h6-20,23-25,36H,5,21-22H2,1-4H3. The van der Waals surface area contributed by atoms with E-state index in [1.165, 1.54) is 28.2 Å². The van der Waals surface area contributed by atoms with Gasteiger partial charge in [-0.3, -0.25) is 9.36 Å². The third-order valence-electron chi connectivity index (χ3n) is 8.61. The second kappa shape index (κ2) is 13.5. The molecule has 1 aliphatic rings. The number of para-hydroxylation sites is 1. The van der Waals surface area contributed by atoms with E-state index in [0.29, 0.717) is 33.8 Å². The monoisotopic (exact) mass is 687 g/mol. The van der Waals surface area contributed by atoms with Crippen LogP contribution in [0.2, 0.25) is 0 Å². The number of benzene rings is 3. The highest BCUT2D eigenvalue weighted by atomic mass is 32.1. The first-order valence-corrected chi connectivity index (χ1v) is 18.1. The number of nitrogens with zero attached hydrogens (tertiary/aromatic N) is 3. The van der Waals surface area contributed by atoms with Crippen LogP contribution in [0, 0.1) is 0 Å². The van der Waals surface area contributed by atoms with Gasteiger partial charge in [-0.05, 0) is 53.6 Å². The summed E-state index contributed by atoms with van der Waals surface area (Å²) < 4.78 is 16.1. The van der Waals surface area contributed by atoms with Gasteiger partial charge in [-0.1, -0.05) is 98.8 Å². The molecule has 9 heteroatoms. The van der Waals surface area contributed by atoms with Crippen LogP contribution in [0.5, 0.6) is 5.75 Å². The Morgan fingerprint density at radius 1 is 0.959 bits per heavy atom. The first-order valence-electron chi connectivity index (χ1n) is 16.4. The molecule has 1 unspecified atom stereocenters. The number of fused-ring (bicyclic) bond motifs is 2. The van der Waals surface area contributed by atoms with Crippen molar-refractivity contribution in [2.24, 2.45) is 4.99 Å². The Morgan fingerprint density at radius 3 is 2.43 bits per heavy atom. The Hall–Kier alpha value is -4.99. The Kier molecular flexibility index (Phi) is 8.96. The van der Waals surface area contributed by atoms with Crippen molar-refractivity contribution >= 4 is 51.3 Å². The minimum Gasteiger partial charge on any atom is -0.492 e. The number of aromatic nitrogens is 2. The number of thiazole rings is 1. The minimum atomic E-state index is -0.663. The molecule has 4 heterocycles. The Labute approximate surface area is 292 Å². The van der Waals surface area contributed by atoms with Gasteiger partial charge in [-0.2, -0.15) is 0 Å². The predicted octanol–water partition coefficient (Wildman–Crippen LogP) is 7.33. The Balaban J connectivity index is 1.28. The Morgan fingerprint density at radius 2 is 1.71 bits per heavy atom. The number of rotatable bonds is 9. The lowest BCUT2D eigenvalue weighted by Gasteiger charge is -2.24. The zero-order chi connectivity index (χ0) is 34.1. The van der Waals surface area contributed by atoms with Gasteiger partial charge in [-0.25, -0.2) is 9.79 Å². The summed E-state index contributed by atoms with van der Waals surface area (Å²) in [7, 11) is 0. The van der Waals surface area contributed by atoms with Crippen LogP contribution < -0.4 is 19.6 Å². The van der Waals surface area contributed by atoms with Gasteiger partial charge in [-0.15, -0.1) is 11.3 Å². The number of thiophene rings is 1. The summed E-state index contributed by atoms with van der Waals surface area (Å²) in [5.41, 5.74) is 4.81. The highest BCUT2D eigenvalue weighted by Crippen LogP contribution is 2.37. The molecule has 0 saturated carbocycles. The molecule has 3 aromatic carbocycles. The summed E-state index contributed by atoms with van der Waals surface area (Å²) in [5, 5.41) is 2.99. The van der Waals surface area contributed by atoms with E-state index in [1.54, 1.807) is 11.5 Å². The molecule has 248 valence electrons. The molecular formula is C40H37N3O4S2. The topological polar surface area (TPSA) is 74.8 Å². The molecular weight excluding hydrogens is 651 g/mol. The fraction of sp³-hybridized carbons (Fsp3) is 0.225. The largest absolute Gasteiger partial charge is 0.492 e. The molecule has 0 aliphatic carbocycles. The fourth-order valence-electron chi connectivity index (χ4n) is 6.19. The summed E-state index contributed by atoms with van der Waals surface area (Å²) in [6, 6.07) is 29.3. The Bertz CT molecular complexity index is 2340. The lowest BCUT2D eigenvalue weighted by molar-refractivity contribution is -0.138. The smallest absolute Gasteiger partial charge is 0.338 e. The van der Waals surface area contributed by atoms with Crippen molar-refractivity contribution in [1.29, 1.82) is 0 Å². The quantitative estimate of drug-likeness (QED) is 0.149. The molecule has 0 spiro atoms. The molecule has 7 rings (SSSR count). The van der Waals surface area contributed by atoms with E-state index in [1.807, 2.05) is 78.2 Å². The lowest BCUT2D eigenvalue weighted by atomic mass is 9.87. The zero-order valence-electron chi connectivity index (χ0n) is 27.9. The van der Waals surface area contributed by atoms with Gasteiger partial charge in [0.25, 0.3) is 5.56 Å². The number of esters is 1. The third kappa shape index (κ3) is 6.44. The van der Waals surface area contributed by atoms with Crippen LogP contribution in [0.25, 0.3) is 22.7 Å². The minimum absolute atomic E-state index is 0.0859. The average Bonchev–Trinajstić information content (AvgIpc) is 3.83. The highest BCUT2D eigenvalue weighted by Gasteiger charge is 2.35. The van der Waals surface area contributed by atoms with Crippen LogP contribution in [-0.4, -0.2) is 28.3 Å². The van der Waals surface area contributed by atoms with E-state index in [-0.39, 0.29) is 17.6 Å². The van der Waals surface area contributed by atoms with Crippen LogP contribution in [0.4, 0.5) is 0 Å². The number of ether oxygens (including phenoxy) is 2. The van der Waals surface area contributed by atoms with Crippen molar-refractivity contribution in [1.82, 2.24) is 9.13 Å². The van der Waals surface area contributed by atoms with E-state index in [4.69, 9.17) is 14.5 Å². The average molecular weight is 688 g/mol. The third-order valence-corrected chi connectivity index (χ3v) is 10.5. The molecule has 0 radical (unpaired) electrons. The van der Waals surface area contributed by atoms with Gasteiger partial charge in [0, 0.05) is 33.1 Å². The van der Waals surface area contributed by atoms with E-state index < -0.39 is 12.0 Å². The van der Waals surface area contributed by atoms with Gasteiger partial charge < -0.3 is 14.0 Å². The molecule has 0 amide bonds. The molecule has 0 bridgehead atoms. The van der Waals surface area contributed by atoms with Crippen LogP contribution in [0.3, 0.4) is 0 Å². The maximum Gasteiger partial charge on any atom is 0.338 e. The highest BCUT2D eigenvalue weighted by molar-refractivity contribution is 7.10. The fourth-order valence-corrected chi connectivity index (χ4v) is 8.00. The van der Waals surface area contributed by atoms with Crippen molar-refractivity contribution in [2.45, 2.75) is 45.7 Å². The van der Waals surface area contributed by atoms with Crippen LogP contribution in [0.1, 0.15) is 55.3 Å². The molecule has 3 aromatic heterocycles. The maximum absolute atomic E-state index is 14.3. The lowest BCUT2D eigenvalue weighted by Crippen LogP contribution is -2.39. The van der Waals surface area contributed by atoms with Crippen molar-refractivity contribution in [3.8, 4) is 5.75 Å². The first-order chi connectivity index (χ1) is 23.7. The molecule has 49 heavy (non-hydrogen) atoms. The summed E-state index contributed by atoms with van der Waals surface area (Å²) >= 11 is 2.83. The second-order valence-electron chi connectivity index (χ2n) is 12.9. The number of hydrogen-bond donors (Lipinski definition) is 0. The van der Waals surface area contributed by atoms with Crippen molar-refractivity contribution in [2.75, 3.05) is 13.2 Å². The second-order valence-corrected chi connectivity index (χ2v) is 14.9. The number of carbonyl (C=O) groups excluding carboxylic acids is 1. The summed E-state index contributed by atoms with van der Waals surface area (Å²) in [6.07, 6.45) is 4.02. The van der Waals surface area contributed by atoms with Gasteiger partial charge in [0.15, 0.2) is 4.80 Å². The molecule has 0 N–H and O–H groups in total. The summed E-state index contributed by atoms with van der Waals surface area (Å²) in [5.74, 6) is 0.358. The molecule has 7 nitrogen and oxygen atoms in total. The molecule has 6 aromatic rings. The summed E-state index contributed by atoms with van der Waals surface area (Å²) in [6.45, 7) is 9.72. The van der Waals surface area contributed by atoms with Crippen molar-refractivity contribution in [3.63, 3.8) is 0 Å². The van der Waals surface area contributed by atoms with Gasteiger partial charge in [0.1, 0.15) is 18.4 Å². The normalized spacial score (nSPS) is 14.9. The zero-order valence-corrected chi connectivity index (χ0v) is 29.5.